The molecule has 0 bridgehead atoms. The van der Waals surface area contributed by atoms with Gasteiger partial charge in [0.1, 0.15) is 11.4 Å². The number of aromatic nitrogens is 4. The molecule has 0 spiro atoms. The number of aryl methyl sites for hydroxylation is 3. The first kappa shape index (κ1) is 17.6. The lowest BCUT2D eigenvalue weighted by atomic mass is 10.2. The molecule has 2 heterocycles. The van der Waals surface area contributed by atoms with Crippen LogP contribution in [0.25, 0.3) is 0 Å². The fourth-order valence-corrected chi connectivity index (χ4v) is 2.64. The Hall–Kier alpha value is -2.71. The van der Waals surface area contributed by atoms with Crippen LogP contribution in [0.2, 0.25) is 0 Å². The van der Waals surface area contributed by atoms with E-state index in [9.17, 15) is 14.9 Å². The van der Waals surface area contributed by atoms with Crippen molar-refractivity contribution in [2.45, 2.75) is 53.8 Å². The molecule has 130 valence electrons. The molecule has 1 N–H and O–H groups in total. The topological polar surface area (TPSA) is 108 Å². The molecule has 9 heteroatoms. The number of amides is 1. The number of nitro groups is 1. The molecule has 0 aliphatic heterocycles. The summed E-state index contributed by atoms with van der Waals surface area (Å²) in [6.45, 7) is 8.72. The molecular formula is C15H22N6O3. The lowest BCUT2D eigenvalue weighted by molar-refractivity contribution is -0.386. The third kappa shape index (κ3) is 3.61. The Kier molecular flexibility index (Phi) is 5.32. The maximum atomic E-state index is 12.0. The molecule has 0 atom stereocenters. The number of carbonyl (C=O) groups is 1. The van der Waals surface area contributed by atoms with Crippen LogP contribution in [0.15, 0.2) is 6.20 Å². The highest BCUT2D eigenvalue weighted by molar-refractivity contribution is 5.75. The molecule has 9 nitrogen and oxygen atoms in total. The van der Waals surface area contributed by atoms with Gasteiger partial charge in [0.2, 0.25) is 5.91 Å². The van der Waals surface area contributed by atoms with Gasteiger partial charge in [-0.05, 0) is 27.7 Å². The minimum atomic E-state index is -0.442. The molecule has 0 aromatic carbocycles. The monoisotopic (exact) mass is 334 g/mol. The molecule has 2 rings (SSSR count). The molecule has 0 aliphatic rings. The number of nitrogens with one attached hydrogen (secondary N) is 1. The van der Waals surface area contributed by atoms with Gasteiger partial charge < -0.3 is 5.32 Å². The lowest BCUT2D eigenvalue weighted by Crippen LogP contribution is -2.24. The van der Waals surface area contributed by atoms with E-state index in [-0.39, 0.29) is 18.0 Å². The standard InChI is InChI=1S/C15H22N6O3/c1-5-19-11(3)13(9-17-19)8-16-14(22)6-7-20-12(4)15(21(23)24)10(2)18-20/h9H,5-8H2,1-4H3,(H,16,22). The average molecular weight is 334 g/mol. The van der Waals surface area contributed by atoms with Crippen molar-refractivity contribution in [3.05, 3.63) is 39.0 Å². The summed E-state index contributed by atoms with van der Waals surface area (Å²) >= 11 is 0. The maximum absolute atomic E-state index is 12.0. The van der Waals surface area contributed by atoms with E-state index in [1.54, 1.807) is 20.0 Å². The largest absolute Gasteiger partial charge is 0.352 e. The van der Waals surface area contributed by atoms with E-state index >= 15 is 0 Å². The summed E-state index contributed by atoms with van der Waals surface area (Å²) in [6.07, 6.45) is 1.96. The Morgan fingerprint density at radius 3 is 2.54 bits per heavy atom. The van der Waals surface area contributed by atoms with E-state index in [1.807, 2.05) is 18.5 Å². The quantitative estimate of drug-likeness (QED) is 0.611. The van der Waals surface area contributed by atoms with Gasteiger partial charge in [0.15, 0.2) is 0 Å². The van der Waals surface area contributed by atoms with Crippen molar-refractivity contribution in [1.29, 1.82) is 0 Å². The van der Waals surface area contributed by atoms with Crippen LogP contribution in [-0.4, -0.2) is 30.4 Å². The fraction of sp³-hybridized carbons (Fsp3) is 0.533. The Morgan fingerprint density at radius 1 is 1.29 bits per heavy atom. The molecule has 2 aromatic heterocycles. The molecule has 1 amide bonds. The second kappa shape index (κ2) is 7.24. The van der Waals surface area contributed by atoms with Crippen molar-refractivity contribution in [1.82, 2.24) is 24.9 Å². The van der Waals surface area contributed by atoms with Gasteiger partial charge >= 0.3 is 5.69 Å². The summed E-state index contributed by atoms with van der Waals surface area (Å²) < 4.78 is 3.38. The zero-order chi connectivity index (χ0) is 17.9. The molecule has 0 unspecified atom stereocenters. The van der Waals surface area contributed by atoms with Crippen molar-refractivity contribution < 1.29 is 9.72 Å². The molecule has 0 radical (unpaired) electrons. The van der Waals surface area contributed by atoms with Crippen LogP contribution in [-0.2, 0) is 24.4 Å². The van der Waals surface area contributed by atoms with Gasteiger partial charge in [-0.15, -0.1) is 0 Å². The minimum Gasteiger partial charge on any atom is -0.352 e. The summed E-state index contributed by atoms with van der Waals surface area (Å²) in [5.74, 6) is -0.131. The predicted octanol–water partition coefficient (Wildman–Crippen LogP) is 1.64. The molecule has 0 saturated carbocycles. The number of nitrogens with zero attached hydrogens (tertiary/aromatic N) is 5. The van der Waals surface area contributed by atoms with Crippen molar-refractivity contribution in [2.24, 2.45) is 0 Å². The van der Waals surface area contributed by atoms with Crippen LogP contribution >= 0.6 is 0 Å². The Labute approximate surface area is 139 Å². The molecule has 0 saturated heterocycles. The highest BCUT2D eigenvalue weighted by Crippen LogP contribution is 2.21. The van der Waals surface area contributed by atoms with Crippen LogP contribution < -0.4 is 5.32 Å². The van der Waals surface area contributed by atoms with Crippen molar-refractivity contribution >= 4 is 11.6 Å². The van der Waals surface area contributed by atoms with E-state index in [4.69, 9.17) is 0 Å². The third-order valence-corrected chi connectivity index (χ3v) is 4.06. The van der Waals surface area contributed by atoms with Gasteiger partial charge in [-0.3, -0.25) is 24.3 Å². The first-order valence-corrected chi connectivity index (χ1v) is 7.81. The van der Waals surface area contributed by atoms with E-state index in [1.165, 1.54) is 4.68 Å². The van der Waals surface area contributed by atoms with Gasteiger partial charge in [-0.1, -0.05) is 0 Å². The number of carbonyl (C=O) groups excluding carboxylic acids is 1. The van der Waals surface area contributed by atoms with Gasteiger partial charge in [-0.2, -0.15) is 10.2 Å². The summed E-state index contributed by atoms with van der Waals surface area (Å²) in [4.78, 5) is 22.5. The van der Waals surface area contributed by atoms with Crippen molar-refractivity contribution in [3.8, 4) is 0 Å². The highest BCUT2D eigenvalue weighted by Gasteiger charge is 2.21. The summed E-state index contributed by atoms with van der Waals surface area (Å²) in [5.41, 5.74) is 2.85. The lowest BCUT2D eigenvalue weighted by Gasteiger charge is -2.06. The second-order valence-corrected chi connectivity index (χ2v) is 5.60. The molecule has 0 aliphatic carbocycles. The summed E-state index contributed by atoms with van der Waals surface area (Å²) in [7, 11) is 0. The Morgan fingerprint density at radius 2 is 2.00 bits per heavy atom. The van der Waals surface area contributed by atoms with E-state index in [0.29, 0.717) is 24.5 Å². The fourth-order valence-electron chi connectivity index (χ4n) is 2.64. The number of rotatable bonds is 7. The van der Waals surface area contributed by atoms with Gasteiger partial charge in [0.25, 0.3) is 0 Å². The van der Waals surface area contributed by atoms with Crippen molar-refractivity contribution in [3.63, 3.8) is 0 Å². The molecule has 0 fully saturated rings. The highest BCUT2D eigenvalue weighted by atomic mass is 16.6. The normalized spacial score (nSPS) is 10.8. The molecule has 2 aromatic rings. The van der Waals surface area contributed by atoms with E-state index < -0.39 is 4.92 Å². The van der Waals surface area contributed by atoms with Crippen LogP contribution in [0, 0.1) is 30.9 Å². The third-order valence-electron chi connectivity index (χ3n) is 4.06. The minimum absolute atomic E-state index is 0.0120. The smallest absolute Gasteiger partial charge is 0.312 e. The van der Waals surface area contributed by atoms with Crippen LogP contribution in [0.1, 0.15) is 36.0 Å². The first-order valence-electron chi connectivity index (χ1n) is 7.81. The van der Waals surface area contributed by atoms with Gasteiger partial charge in [-0.25, -0.2) is 0 Å². The summed E-state index contributed by atoms with van der Waals surface area (Å²) in [6, 6.07) is 0. The SMILES string of the molecule is CCn1ncc(CNC(=O)CCn2nc(C)c([N+](=O)[O-])c2C)c1C. The van der Waals surface area contributed by atoms with E-state index in [0.717, 1.165) is 17.8 Å². The zero-order valence-electron chi connectivity index (χ0n) is 14.4. The number of hydrogen-bond acceptors (Lipinski definition) is 5. The average Bonchev–Trinajstić information content (AvgIpc) is 3.02. The zero-order valence-corrected chi connectivity index (χ0v) is 14.4. The van der Waals surface area contributed by atoms with Gasteiger partial charge in [0, 0.05) is 30.8 Å². The van der Waals surface area contributed by atoms with E-state index in [2.05, 4.69) is 15.5 Å². The Bertz CT molecular complexity index is 762. The predicted molar refractivity (Wildman–Crippen MR) is 87.5 cm³/mol. The second-order valence-electron chi connectivity index (χ2n) is 5.60. The van der Waals surface area contributed by atoms with Gasteiger partial charge in [0.05, 0.1) is 17.7 Å². The van der Waals surface area contributed by atoms with Crippen LogP contribution in [0.4, 0.5) is 5.69 Å². The molecule has 24 heavy (non-hydrogen) atoms. The maximum Gasteiger partial charge on any atom is 0.312 e. The van der Waals surface area contributed by atoms with Crippen LogP contribution in [0.5, 0.6) is 0 Å². The molecular weight excluding hydrogens is 312 g/mol. The summed E-state index contributed by atoms with van der Waals surface area (Å²) in [5, 5.41) is 22.2. The van der Waals surface area contributed by atoms with Crippen molar-refractivity contribution in [2.75, 3.05) is 0 Å². The van der Waals surface area contributed by atoms with Crippen LogP contribution in [0.3, 0.4) is 0 Å². The first-order chi connectivity index (χ1) is 11.3. The number of hydrogen-bond donors (Lipinski definition) is 1. The Balaban J connectivity index is 1.91.